The van der Waals surface area contributed by atoms with Crippen molar-refractivity contribution in [2.45, 2.75) is 20.3 Å². The summed E-state index contributed by atoms with van der Waals surface area (Å²) in [4.78, 5) is 11.0. The van der Waals surface area contributed by atoms with E-state index < -0.39 is 0 Å². The maximum absolute atomic E-state index is 11.0. The van der Waals surface area contributed by atoms with Crippen molar-refractivity contribution in [2.75, 3.05) is 13.7 Å². The van der Waals surface area contributed by atoms with Crippen LogP contribution >= 0.6 is 0 Å². The lowest BCUT2D eigenvalue weighted by atomic mass is 9.97. The van der Waals surface area contributed by atoms with Crippen molar-refractivity contribution in [3.05, 3.63) is 0 Å². The molecule has 0 aliphatic rings. The van der Waals surface area contributed by atoms with Crippen molar-refractivity contribution < 1.29 is 9.53 Å². The molecule has 4 heteroatoms. The van der Waals surface area contributed by atoms with Gasteiger partial charge in [-0.25, -0.2) is 0 Å². The van der Waals surface area contributed by atoms with Gasteiger partial charge in [0.25, 0.3) is 0 Å². The Balaban J connectivity index is 3.67. The molecule has 0 saturated carbocycles. The molecule has 0 aromatic carbocycles. The topological polar surface area (TPSA) is 38.3 Å². The molecule has 68 valence electrons. The molecule has 0 saturated heterocycles. The monoisotopic (exact) mass is 169 g/mol. The zero-order chi connectivity index (χ0) is 9.56. The molecular weight excluding hydrogens is 153 g/mol. The number of ether oxygens (including phenoxy) is 1. The Morgan fingerprint density at radius 3 is 2.58 bits per heavy atom. The molecular formula is C8H16BNO2. The molecule has 0 aromatic heterocycles. The highest BCUT2D eigenvalue weighted by atomic mass is 16.5. The van der Waals surface area contributed by atoms with E-state index in [1.165, 1.54) is 7.11 Å². The molecule has 0 amide bonds. The quantitative estimate of drug-likeness (QED) is 0.480. The number of esters is 1. The Labute approximate surface area is 75.3 Å². The van der Waals surface area contributed by atoms with Crippen molar-refractivity contribution >= 4 is 14.0 Å². The molecule has 0 spiro atoms. The summed E-state index contributed by atoms with van der Waals surface area (Å²) in [6.45, 7) is 4.62. The third-order valence-electron chi connectivity index (χ3n) is 1.83. The van der Waals surface area contributed by atoms with Crippen molar-refractivity contribution in [3.8, 4) is 0 Å². The highest BCUT2D eigenvalue weighted by Crippen LogP contribution is 2.11. The predicted molar refractivity (Wildman–Crippen MR) is 48.7 cm³/mol. The SMILES string of the molecule is [B]NCC(C)CC(C)C(=O)OC. The van der Waals surface area contributed by atoms with Gasteiger partial charge in [-0.1, -0.05) is 13.8 Å². The highest BCUT2D eigenvalue weighted by molar-refractivity contribution is 6.04. The molecule has 0 bridgehead atoms. The van der Waals surface area contributed by atoms with Crippen LogP contribution in [0.3, 0.4) is 0 Å². The second kappa shape index (κ2) is 6.06. The van der Waals surface area contributed by atoms with E-state index in [9.17, 15) is 4.79 Å². The van der Waals surface area contributed by atoms with Crippen molar-refractivity contribution in [3.63, 3.8) is 0 Å². The summed E-state index contributed by atoms with van der Waals surface area (Å²) in [6.07, 6.45) is 0.802. The van der Waals surface area contributed by atoms with Crippen molar-refractivity contribution in [1.82, 2.24) is 5.23 Å². The molecule has 3 nitrogen and oxygen atoms in total. The van der Waals surface area contributed by atoms with Gasteiger partial charge in [-0.15, -0.1) is 0 Å². The zero-order valence-corrected chi connectivity index (χ0v) is 7.96. The van der Waals surface area contributed by atoms with Crippen molar-refractivity contribution in [2.24, 2.45) is 11.8 Å². The Kier molecular flexibility index (Phi) is 5.81. The number of rotatable bonds is 5. The minimum absolute atomic E-state index is 0.0432. The number of nitrogens with one attached hydrogen (secondary N) is 1. The fourth-order valence-corrected chi connectivity index (χ4v) is 1.19. The van der Waals surface area contributed by atoms with E-state index in [1.807, 2.05) is 13.8 Å². The van der Waals surface area contributed by atoms with E-state index in [4.69, 9.17) is 7.98 Å². The van der Waals surface area contributed by atoms with Gasteiger partial charge >= 0.3 is 5.97 Å². The standard InChI is InChI=1S/C8H16BNO2/c1-6(5-10-9)4-7(2)8(11)12-3/h6-7,10H,4-5H2,1-3H3. The Morgan fingerprint density at radius 2 is 2.17 bits per heavy atom. The molecule has 0 aromatic rings. The van der Waals surface area contributed by atoms with Gasteiger partial charge in [-0.05, 0) is 18.9 Å². The molecule has 2 atom stereocenters. The minimum Gasteiger partial charge on any atom is -0.469 e. The van der Waals surface area contributed by atoms with Crippen LogP contribution in [0.2, 0.25) is 0 Å². The third kappa shape index (κ3) is 4.39. The van der Waals surface area contributed by atoms with E-state index in [-0.39, 0.29) is 11.9 Å². The molecule has 0 aliphatic heterocycles. The second-order valence-electron chi connectivity index (χ2n) is 3.17. The number of carbonyl (C=O) groups is 1. The van der Waals surface area contributed by atoms with Gasteiger partial charge in [0.1, 0.15) is 0 Å². The molecule has 0 fully saturated rings. The first-order chi connectivity index (χ1) is 5.61. The van der Waals surface area contributed by atoms with Gasteiger partial charge in [0.15, 0.2) is 7.98 Å². The molecule has 0 rings (SSSR count). The lowest BCUT2D eigenvalue weighted by molar-refractivity contribution is -0.145. The largest absolute Gasteiger partial charge is 0.469 e. The molecule has 2 radical (unpaired) electrons. The van der Waals surface area contributed by atoms with Gasteiger partial charge in [-0.2, -0.15) is 0 Å². The maximum atomic E-state index is 11.0. The first-order valence-electron chi connectivity index (χ1n) is 4.13. The summed E-state index contributed by atoms with van der Waals surface area (Å²) >= 11 is 0. The van der Waals surface area contributed by atoms with E-state index >= 15 is 0 Å². The molecule has 2 unspecified atom stereocenters. The van der Waals surface area contributed by atoms with Gasteiger partial charge in [0.05, 0.1) is 13.0 Å². The van der Waals surface area contributed by atoms with Gasteiger partial charge in [0.2, 0.25) is 0 Å². The normalized spacial score (nSPS) is 15.2. The Hall–Kier alpha value is -0.505. The lowest BCUT2D eigenvalue weighted by Gasteiger charge is -2.14. The van der Waals surface area contributed by atoms with Gasteiger partial charge in [-0.3, -0.25) is 4.79 Å². The van der Waals surface area contributed by atoms with Crippen molar-refractivity contribution in [1.29, 1.82) is 0 Å². The molecule has 0 aliphatic carbocycles. The van der Waals surface area contributed by atoms with Crippen LogP contribution in [0.1, 0.15) is 20.3 Å². The van der Waals surface area contributed by atoms with E-state index in [0.29, 0.717) is 5.92 Å². The summed E-state index contributed by atoms with van der Waals surface area (Å²) in [5.74, 6) is 0.196. The maximum Gasteiger partial charge on any atom is 0.308 e. The van der Waals surface area contributed by atoms with Crippen LogP contribution in [0.25, 0.3) is 0 Å². The Morgan fingerprint density at radius 1 is 1.58 bits per heavy atom. The van der Waals surface area contributed by atoms with Crippen LogP contribution in [-0.2, 0) is 9.53 Å². The smallest absolute Gasteiger partial charge is 0.308 e. The number of carbonyl (C=O) groups excluding carboxylic acids is 1. The summed E-state index contributed by atoms with van der Waals surface area (Å²) in [5.41, 5.74) is 0. The fraction of sp³-hybridized carbons (Fsp3) is 0.875. The number of methoxy groups -OCH3 is 1. The van der Waals surface area contributed by atoms with E-state index in [0.717, 1.165) is 13.0 Å². The summed E-state index contributed by atoms with van der Waals surface area (Å²) < 4.78 is 4.60. The average molecular weight is 169 g/mol. The van der Waals surface area contributed by atoms with Crippen LogP contribution in [-0.4, -0.2) is 27.6 Å². The minimum atomic E-state index is -0.154. The van der Waals surface area contributed by atoms with E-state index in [1.54, 1.807) is 0 Å². The van der Waals surface area contributed by atoms with Crippen LogP contribution < -0.4 is 5.23 Å². The summed E-state index contributed by atoms with van der Waals surface area (Å²) in [7, 11) is 6.56. The first-order valence-corrected chi connectivity index (χ1v) is 4.13. The third-order valence-corrected chi connectivity index (χ3v) is 1.83. The summed E-state index contributed by atoms with van der Waals surface area (Å²) in [6, 6.07) is 0. The van der Waals surface area contributed by atoms with E-state index in [2.05, 4.69) is 9.96 Å². The molecule has 1 N–H and O–H groups in total. The Bertz CT molecular complexity index is 141. The summed E-state index contributed by atoms with van der Waals surface area (Å²) in [5, 5.41) is 2.58. The number of hydrogen-bond donors (Lipinski definition) is 1. The first kappa shape index (κ1) is 11.5. The van der Waals surface area contributed by atoms with Crippen LogP contribution in [0.4, 0.5) is 0 Å². The molecule has 12 heavy (non-hydrogen) atoms. The van der Waals surface area contributed by atoms with Crippen LogP contribution in [0, 0.1) is 11.8 Å². The lowest BCUT2D eigenvalue weighted by Crippen LogP contribution is -2.22. The fourth-order valence-electron chi connectivity index (χ4n) is 1.19. The highest BCUT2D eigenvalue weighted by Gasteiger charge is 2.15. The predicted octanol–water partition coefficient (Wildman–Crippen LogP) is 0.495. The number of hydrogen-bond acceptors (Lipinski definition) is 3. The van der Waals surface area contributed by atoms with Gasteiger partial charge in [0, 0.05) is 0 Å². The van der Waals surface area contributed by atoms with Crippen LogP contribution in [0.5, 0.6) is 0 Å². The zero-order valence-electron chi connectivity index (χ0n) is 7.96. The van der Waals surface area contributed by atoms with Crippen LogP contribution in [0.15, 0.2) is 0 Å². The second-order valence-corrected chi connectivity index (χ2v) is 3.17. The van der Waals surface area contributed by atoms with Gasteiger partial charge < -0.3 is 9.96 Å². The average Bonchev–Trinajstić information content (AvgIpc) is 2.03. The molecule has 0 heterocycles.